The van der Waals surface area contributed by atoms with Crippen LogP contribution in [0.3, 0.4) is 0 Å². The SMILES string of the molecule is CNC(=O)COc1ccc(CNCc2c(C)nn(C)c2OC)cc1. The van der Waals surface area contributed by atoms with E-state index in [0.717, 1.165) is 22.7 Å². The fraction of sp³-hybridized carbons (Fsp3) is 0.412. The number of hydrogen-bond donors (Lipinski definition) is 2. The van der Waals surface area contributed by atoms with Gasteiger partial charge in [-0.2, -0.15) is 5.10 Å². The first-order chi connectivity index (χ1) is 11.5. The number of nitrogens with zero attached hydrogens (tertiary/aromatic N) is 2. The first-order valence-electron chi connectivity index (χ1n) is 7.74. The maximum absolute atomic E-state index is 11.1. The number of methoxy groups -OCH3 is 1. The molecule has 2 N–H and O–H groups in total. The lowest BCUT2D eigenvalue weighted by molar-refractivity contribution is -0.122. The summed E-state index contributed by atoms with van der Waals surface area (Å²) in [5.41, 5.74) is 3.15. The Balaban J connectivity index is 1.86. The number of amides is 1. The summed E-state index contributed by atoms with van der Waals surface area (Å²) in [5, 5.41) is 10.3. The summed E-state index contributed by atoms with van der Waals surface area (Å²) in [5.74, 6) is 1.30. The van der Waals surface area contributed by atoms with Crippen LogP contribution in [-0.4, -0.2) is 36.5 Å². The van der Waals surface area contributed by atoms with Gasteiger partial charge >= 0.3 is 0 Å². The zero-order chi connectivity index (χ0) is 17.5. The van der Waals surface area contributed by atoms with Crippen LogP contribution in [0.1, 0.15) is 16.8 Å². The fourth-order valence-electron chi connectivity index (χ4n) is 2.40. The Labute approximate surface area is 142 Å². The molecule has 24 heavy (non-hydrogen) atoms. The Hall–Kier alpha value is -2.54. The van der Waals surface area contributed by atoms with Crippen LogP contribution in [0.2, 0.25) is 0 Å². The van der Waals surface area contributed by atoms with Crippen molar-refractivity contribution in [3.05, 3.63) is 41.1 Å². The standard InChI is InChI=1S/C17H24N4O3/c1-12-15(17(23-4)21(3)20-12)10-19-9-13-5-7-14(8-6-13)24-11-16(22)18-2/h5-8,19H,9-11H2,1-4H3,(H,18,22). The second-order valence-electron chi connectivity index (χ2n) is 5.41. The maximum atomic E-state index is 11.1. The molecule has 1 aromatic heterocycles. The highest BCUT2D eigenvalue weighted by Gasteiger charge is 2.13. The van der Waals surface area contributed by atoms with Gasteiger partial charge in [0.2, 0.25) is 5.88 Å². The monoisotopic (exact) mass is 332 g/mol. The molecular formula is C17H24N4O3. The van der Waals surface area contributed by atoms with Crippen molar-refractivity contribution in [2.75, 3.05) is 20.8 Å². The summed E-state index contributed by atoms with van der Waals surface area (Å²) in [6.07, 6.45) is 0. The molecule has 0 bridgehead atoms. The maximum Gasteiger partial charge on any atom is 0.257 e. The molecule has 0 saturated carbocycles. The third-order valence-corrected chi connectivity index (χ3v) is 3.69. The fourth-order valence-corrected chi connectivity index (χ4v) is 2.40. The number of carbonyl (C=O) groups excluding carboxylic acids is 1. The van der Waals surface area contributed by atoms with E-state index in [1.807, 2.05) is 38.2 Å². The first-order valence-corrected chi connectivity index (χ1v) is 7.74. The molecule has 2 rings (SSSR count). The van der Waals surface area contributed by atoms with E-state index in [0.29, 0.717) is 18.8 Å². The van der Waals surface area contributed by atoms with Crippen LogP contribution in [0.5, 0.6) is 11.6 Å². The van der Waals surface area contributed by atoms with E-state index in [9.17, 15) is 4.79 Å². The highest BCUT2D eigenvalue weighted by atomic mass is 16.5. The van der Waals surface area contributed by atoms with E-state index in [-0.39, 0.29) is 12.5 Å². The van der Waals surface area contributed by atoms with Crippen LogP contribution in [0, 0.1) is 6.92 Å². The molecule has 1 heterocycles. The minimum atomic E-state index is -0.151. The highest BCUT2D eigenvalue weighted by Crippen LogP contribution is 2.20. The summed E-state index contributed by atoms with van der Waals surface area (Å²) in [4.78, 5) is 11.1. The molecule has 0 aliphatic carbocycles. The van der Waals surface area contributed by atoms with Gasteiger partial charge < -0.3 is 20.1 Å². The van der Waals surface area contributed by atoms with Crippen LogP contribution < -0.4 is 20.1 Å². The first kappa shape index (κ1) is 17.8. The number of carbonyl (C=O) groups is 1. The Kier molecular flexibility index (Phi) is 6.20. The number of aryl methyl sites for hydroxylation is 2. The van der Waals surface area contributed by atoms with Gasteiger partial charge in [-0.25, -0.2) is 4.68 Å². The number of nitrogens with one attached hydrogen (secondary N) is 2. The molecule has 1 aromatic carbocycles. The predicted octanol–water partition coefficient (Wildman–Crippen LogP) is 1.15. The van der Waals surface area contributed by atoms with Gasteiger partial charge in [0.25, 0.3) is 5.91 Å². The topological polar surface area (TPSA) is 77.4 Å². The average molecular weight is 332 g/mol. The second kappa shape index (κ2) is 8.35. The lowest BCUT2D eigenvalue weighted by Crippen LogP contribution is -2.24. The summed E-state index contributed by atoms with van der Waals surface area (Å²) in [6.45, 7) is 3.39. The lowest BCUT2D eigenvalue weighted by Gasteiger charge is -2.08. The molecule has 0 saturated heterocycles. The minimum Gasteiger partial charge on any atom is -0.484 e. The smallest absolute Gasteiger partial charge is 0.257 e. The van der Waals surface area contributed by atoms with Crippen molar-refractivity contribution in [3.63, 3.8) is 0 Å². The Morgan fingerprint density at radius 2 is 1.96 bits per heavy atom. The van der Waals surface area contributed by atoms with Crippen molar-refractivity contribution in [2.45, 2.75) is 20.0 Å². The normalized spacial score (nSPS) is 10.5. The van der Waals surface area contributed by atoms with E-state index >= 15 is 0 Å². The van der Waals surface area contributed by atoms with Crippen molar-refractivity contribution in [1.82, 2.24) is 20.4 Å². The molecular weight excluding hydrogens is 308 g/mol. The molecule has 1 amide bonds. The van der Waals surface area contributed by atoms with Gasteiger partial charge in [-0.1, -0.05) is 12.1 Å². The summed E-state index contributed by atoms with van der Waals surface area (Å²) in [6, 6.07) is 7.66. The molecule has 0 fully saturated rings. The highest BCUT2D eigenvalue weighted by molar-refractivity contribution is 5.77. The van der Waals surface area contributed by atoms with Crippen LogP contribution in [0.15, 0.2) is 24.3 Å². The van der Waals surface area contributed by atoms with Crippen molar-refractivity contribution in [1.29, 1.82) is 0 Å². The van der Waals surface area contributed by atoms with E-state index in [4.69, 9.17) is 9.47 Å². The van der Waals surface area contributed by atoms with Gasteiger partial charge in [-0.3, -0.25) is 4.79 Å². The third kappa shape index (κ3) is 4.48. The summed E-state index contributed by atoms with van der Waals surface area (Å²) >= 11 is 0. The van der Waals surface area contributed by atoms with Crippen LogP contribution in [0.25, 0.3) is 0 Å². The Bertz CT molecular complexity index is 680. The molecule has 0 radical (unpaired) electrons. The van der Waals surface area contributed by atoms with E-state index in [1.165, 1.54) is 0 Å². The number of ether oxygens (including phenoxy) is 2. The van der Waals surface area contributed by atoms with E-state index in [2.05, 4.69) is 15.7 Å². The number of rotatable bonds is 8. The van der Waals surface area contributed by atoms with Gasteiger partial charge in [0, 0.05) is 27.2 Å². The van der Waals surface area contributed by atoms with Gasteiger partial charge in [0.1, 0.15) is 5.75 Å². The Morgan fingerprint density at radius 1 is 1.25 bits per heavy atom. The predicted molar refractivity (Wildman–Crippen MR) is 91.0 cm³/mol. The molecule has 2 aromatic rings. The molecule has 0 aliphatic rings. The van der Waals surface area contributed by atoms with Crippen molar-refractivity contribution >= 4 is 5.91 Å². The van der Waals surface area contributed by atoms with Crippen molar-refractivity contribution < 1.29 is 14.3 Å². The van der Waals surface area contributed by atoms with E-state index in [1.54, 1.807) is 18.8 Å². The molecule has 7 nitrogen and oxygen atoms in total. The van der Waals surface area contributed by atoms with E-state index < -0.39 is 0 Å². The van der Waals surface area contributed by atoms with Crippen LogP contribution in [-0.2, 0) is 24.9 Å². The van der Waals surface area contributed by atoms with Gasteiger partial charge in [0.15, 0.2) is 6.61 Å². The number of aromatic nitrogens is 2. The molecule has 0 aliphatic heterocycles. The third-order valence-electron chi connectivity index (χ3n) is 3.69. The van der Waals surface area contributed by atoms with Crippen LogP contribution >= 0.6 is 0 Å². The van der Waals surface area contributed by atoms with Gasteiger partial charge in [0.05, 0.1) is 18.4 Å². The van der Waals surface area contributed by atoms with Gasteiger partial charge in [-0.15, -0.1) is 0 Å². The zero-order valence-corrected chi connectivity index (χ0v) is 14.5. The minimum absolute atomic E-state index is 0.0220. The molecule has 0 atom stereocenters. The number of hydrogen-bond acceptors (Lipinski definition) is 5. The Morgan fingerprint density at radius 3 is 2.58 bits per heavy atom. The molecule has 7 heteroatoms. The molecule has 0 spiro atoms. The van der Waals surface area contributed by atoms with Gasteiger partial charge in [-0.05, 0) is 24.6 Å². The zero-order valence-electron chi connectivity index (χ0n) is 14.5. The number of likely N-dealkylation sites (N-methyl/N-ethyl adjacent to an activating group) is 1. The largest absolute Gasteiger partial charge is 0.484 e. The average Bonchev–Trinajstić information content (AvgIpc) is 2.86. The number of benzene rings is 1. The quantitative estimate of drug-likeness (QED) is 0.758. The molecule has 0 unspecified atom stereocenters. The van der Waals surface area contributed by atoms with Crippen molar-refractivity contribution in [3.8, 4) is 11.6 Å². The second-order valence-corrected chi connectivity index (χ2v) is 5.41. The summed E-state index contributed by atoms with van der Waals surface area (Å²) < 4.78 is 12.5. The van der Waals surface area contributed by atoms with Crippen molar-refractivity contribution in [2.24, 2.45) is 7.05 Å². The summed E-state index contributed by atoms with van der Waals surface area (Å²) in [7, 11) is 5.10. The molecule has 130 valence electrons. The van der Waals surface area contributed by atoms with Crippen LogP contribution in [0.4, 0.5) is 0 Å². The lowest BCUT2D eigenvalue weighted by atomic mass is 10.2.